The molecule has 1 saturated heterocycles. The number of nitrogens with zero attached hydrogens (tertiary/aromatic N) is 4. The van der Waals surface area contributed by atoms with E-state index < -0.39 is 6.04 Å². The van der Waals surface area contributed by atoms with Crippen LogP contribution in [-0.2, 0) is 11.2 Å². The second-order valence-electron chi connectivity index (χ2n) is 7.68. The molecule has 3 rings (SSSR count). The van der Waals surface area contributed by atoms with Gasteiger partial charge in [-0.25, -0.2) is 15.0 Å². The van der Waals surface area contributed by atoms with Gasteiger partial charge in [0.25, 0.3) is 5.91 Å². The number of hydrogen-bond donors (Lipinski definition) is 2. The van der Waals surface area contributed by atoms with Crippen LogP contribution in [0.4, 0.5) is 5.82 Å². The summed E-state index contributed by atoms with van der Waals surface area (Å²) >= 11 is 7.63. The average molecular weight is 451 g/mol. The molecular weight excluding hydrogens is 424 g/mol. The Labute approximate surface area is 185 Å². The Balaban J connectivity index is 1.46. The van der Waals surface area contributed by atoms with Gasteiger partial charge in [0.15, 0.2) is 0 Å². The summed E-state index contributed by atoms with van der Waals surface area (Å²) in [5.41, 5.74) is 7.15. The second kappa shape index (κ2) is 9.70. The molecule has 2 amide bonds. The van der Waals surface area contributed by atoms with E-state index in [-0.39, 0.29) is 11.8 Å². The van der Waals surface area contributed by atoms with Crippen molar-refractivity contribution in [1.29, 1.82) is 0 Å². The second-order valence-corrected chi connectivity index (χ2v) is 9.10. The Bertz CT molecular complexity index is 903. The third kappa shape index (κ3) is 5.46. The number of anilines is 1. The van der Waals surface area contributed by atoms with Crippen molar-refractivity contribution in [2.75, 3.05) is 18.8 Å². The third-order valence-corrected chi connectivity index (χ3v) is 6.49. The van der Waals surface area contributed by atoms with Crippen LogP contribution in [0.1, 0.15) is 53.1 Å². The minimum Gasteiger partial charge on any atom is -0.383 e. The Morgan fingerprint density at radius 2 is 2.00 bits per heavy atom. The molecule has 0 radical (unpaired) electrons. The standard InChI is InChI=1S/C20H27ClN6O2S/c1-11(23-19(28)16-10-30-13(3)26-16)20(29)27-8-6-14(7-9-27)4-5-15-17(21)24-12(2)25-18(15)22/h10-11,14H,4-9H2,1-3H3,(H,23,28)(H2,22,24,25)/t11-/m0/s1. The van der Waals surface area contributed by atoms with E-state index in [1.807, 2.05) is 11.8 Å². The first kappa shape index (κ1) is 22.4. The Kier molecular flexibility index (Phi) is 7.25. The molecule has 0 aliphatic carbocycles. The van der Waals surface area contributed by atoms with Crippen molar-refractivity contribution in [3.05, 3.63) is 32.6 Å². The van der Waals surface area contributed by atoms with E-state index in [1.54, 1.807) is 19.2 Å². The normalized spacial score (nSPS) is 15.8. The van der Waals surface area contributed by atoms with Gasteiger partial charge in [-0.1, -0.05) is 11.6 Å². The number of nitrogen functional groups attached to an aromatic ring is 1. The molecule has 0 aromatic carbocycles. The van der Waals surface area contributed by atoms with Crippen molar-refractivity contribution < 1.29 is 9.59 Å². The molecule has 2 aromatic heterocycles. The number of nitrogens with one attached hydrogen (secondary N) is 1. The van der Waals surface area contributed by atoms with Crippen LogP contribution in [0.25, 0.3) is 0 Å². The zero-order valence-corrected chi connectivity index (χ0v) is 19.0. The van der Waals surface area contributed by atoms with Crippen LogP contribution in [0.3, 0.4) is 0 Å². The monoisotopic (exact) mass is 450 g/mol. The van der Waals surface area contributed by atoms with Gasteiger partial charge in [0, 0.05) is 24.0 Å². The molecule has 0 spiro atoms. The van der Waals surface area contributed by atoms with Crippen molar-refractivity contribution in [3.63, 3.8) is 0 Å². The minimum absolute atomic E-state index is 0.0621. The molecule has 1 aliphatic rings. The highest BCUT2D eigenvalue weighted by Gasteiger charge is 2.27. The van der Waals surface area contributed by atoms with Crippen LogP contribution in [-0.4, -0.2) is 50.8 Å². The zero-order chi connectivity index (χ0) is 21.8. The highest BCUT2D eigenvalue weighted by atomic mass is 35.5. The van der Waals surface area contributed by atoms with Crippen molar-refractivity contribution in [1.82, 2.24) is 25.2 Å². The quantitative estimate of drug-likeness (QED) is 0.654. The van der Waals surface area contributed by atoms with E-state index in [4.69, 9.17) is 17.3 Å². The fourth-order valence-corrected chi connectivity index (χ4v) is 4.58. The highest BCUT2D eigenvalue weighted by molar-refractivity contribution is 7.09. The highest BCUT2D eigenvalue weighted by Crippen LogP contribution is 2.26. The van der Waals surface area contributed by atoms with E-state index in [0.29, 0.717) is 41.5 Å². The maximum Gasteiger partial charge on any atom is 0.271 e. The van der Waals surface area contributed by atoms with Gasteiger partial charge in [0.2, 0.25) is 5.91 Å². The number of aryl methyl sites for hydroxylation is 2. The number of piperidine rings is 1. The summed E-state index contributed by atoms with van der Waals surface area (Å²) in [4.78, 5) is 39.3. The molecule has 0 unspecified atom stereocenters. The minimum atomic E-state index is -0.584. The molecule has 1 atom stereocenters. The summed E-state index contributed by atoms with van der Waals surface area (Å²) in [6, 6.07) is -0.584. The maximum absolute atomic E-state index is 12.7. The van der Waals surface area contributed by atoms with Crippen LogP contribution in [0.15, 0.2) is 5.38 Å². The van der Waals surface area contributed by atoms with E-state index in [1.165, 1.54) is 11.3 Å². The lowest BCUT2D eigenvalue weighted by atomic mass is 9.90. The first-order valence-electron chi connectivity index (χ1n) is 10.0. The average Bonchev–Trinajstić information content (AvgIpc) is 3.13. The molecule has 0 saturated carbocycles. The lowest BCUT2D eigenvalue weighted by Gasteiger charge is -2.33. The number of carbonyl (C=O) groups is 2. The lowest BCUT2D eigenvalue weighted by molar-refractivity contribution is -0.134. The molecule has 1 aliphatic heterocycles. The van der Waals surface area contributed by atoms with Gasteiger partial charge in [-0.05, 0) is 52.4 Å². The smallest absolute Gasteiger partial charge is 0.271 e. The summed E-state index contributed by atoms with van der Waals surface area (Å²) in [5.74, 6) is 1.12. The van der Waals surface area contributed by atoms with E-state index in [0.717, 1.165) is 36.3 Å². The summed E-state index contributed by atoms with van der Waals surface area (Å²) < 4.78 is 0. The summed E-state index contributed by atoms with van der Waals surface area (Å²) in [6.45, 7) is 6.67. The van der Waals surface area contributed by atoms with Crippen LogP contribution in [0, 0.1) is 19.8 Å². The number of aromatic nitrogens is 3. The number of thiazole rings is 1. The molecule has 2 aromatic rings. The predicted octanol–water partition coefficient (Wildman–Crippen LogP) is 2.78. The van der Waals surface area contributed by atoms with Gasteiger partial charge >= 0.3 is 0 Å². The molecule has 3 heterocycles. The number of carbonyl (C=O) groups excluding carboxylic acids is 2. The fraction of sp³-hybridized carbons (Fsp3) is 0.550. The Hall–Kier alpha value is -2.26. The Morgan fingerprint density at radius 1 is 1.30 bits per heavy atom. The van der Waals surface area contributed by atoms with Gasteiger partial charge in [-0.3, -0.25) is 9.59 Å². The number of nitrogens with two attached hydrogens (primary N) is 1. The van der Waals surface area contributed by atoms with Crippen molar-refractivity contribution >= 4 is 40.6 Å². The molecule has 1 fully saturated rings. The number of likely N-dealkylation sites (tertiary alicyclic amines) is 1. The fourth-order valence-electron chi connectivity index (χ4n) is 3.68. The third-order valence-electron chi connectivity index (χ3n) is 5.40. The molecule has 8 nitrogen and oxygen atoms in total. The van der Waals surface area contributed by atoms with Crippen LogP contribution < -0.4 is 11.1 Å². The van der Waals surface area contributed by atoms with Gasteiger partial charge < -0.3 is 16.0 Å². The molecular formula is C20H27ClN6O2S. The number of amides is 2. The van der Waals surface area contributed by atoms with Gasteiger partial charge in [0.1, 0.15) is 28.5 Å². The molecule has 10 heteroatoms. The van der Waals surface area contributed by atoms with Gasteiger partial charge in [0.05, 0.1) is 5.01 Å². The van der Waals surface area contributed by atoms with Crippen molar-refractivity contribution in [3.8, 4) is 0 Å². The Morgan fingerprint density at radius 3 is 2.60 bits per heavy atom. The van der Waals surface area contributed by atoms with Gasteiger partial charge in [-0.15, -0.1) is 11.3 Å². The molecule has 3 N–H and O–H groups in total. The first-order chi connectivity index (χ1) is 14.2. The first-order valence-corrected chi connectivity index (χ1v) is 11.3. The molecule has 162 valence electrons. The number of rotatable bonds is 6. The predicted molar refractivity (Wildman–Crippen MR) is 118 cm³/mol. The van der Waals surface area contributed by atoms with Crippen molar-refractivity contribution in [2.24, 2.45) is 5.92 Å². The van der Waals surface area contributed by atoms with Crippen LogP contribution in [0.5, 0.6) is 0 Å². The SMILES string of the molecule is Cc1nc(N)c(CCC2CCN(C(=O)[C@H](C)NC(=O)c3csc(C)n3)CC2)c(Cl)n1. The molecule has 30 heavy (non-hydrogen) atoms. The van der Waals surface area contributed by atoms with Crippen molar-refractivity contribution in [2.45, 2.75) is 52.5 Å². The topological polar surface area (TPSA) is 114 Å². The lowest BCUT2D eigenvalue weighted by Crippen LogP contribution is -2.49. The summed E-state index contributed by atoms with van der Waals surface area (Å²) in [5, 5.41) is 5.70. The van der Waals surface area contributed by atoms with E-state index >= 15 is 0 Å². The van der Waals surface area contributed by atoms with E-state index in [9.17, 15) is 9.59 Å². The van der Waals surface area contributed by atoms with Gasteiger partial charge in [-0.2, -0.15) is 0 Å². The number of halogens is 1. The largest absolute Gasteiger partial charge is 0.383 e. The summed E-state index contributed by atoms with van der Waals surface area (Å²) in [7, 11) is 0. The molecule has 0 bridgehead atoms. The maximum atomic E-state index is 12.7. The van der Waals surface area contributed by atoms with Crippen LogP contribution >= 0.6 is 22.9 Å². The number of hydrogen-bond acceptors (Lipinski definition) is 7. The van der Waals surface area contributed by atoms with Crippen LogP contribution in [0.2, 0.25) is 5.15 Å². The zero-order valence-electron chi connectivity index (χ0n) is 17.4. The van der Waals surface area contributed by atoms with E-state index in [2.05, 4.69) is 20.3 Å². The summed E-state index contributed by atoms with van der Waals surface area (Å²) in [6.07, 6.45) is 3.46.